The van der Waals surface area contributed by atoms with E-state index in [1.54, 1.807) is 0 Å². The van der Waals surface area contributed by atoms with Crippen LogP contribution >= 0.6 is 11.6 Å². The standard InChI is InChI=1S/C16H19ClN4/c1-12-3-4-14-13(11-12)19-16(5-7-17)21(14)9-6-15-18-8-10-20(15)2/h3-4,8,10-11H,5-7,9H2,1-2H3. The monoisotopic (exact) mass is 302 g/mol. The first kappa shape index (κ1) is 14.1. The van der Waals surface area contributed by atoms with Crippen LogP contribution in [0.1, 0.15) is 17.2 Å². The molecule has 0 aliphatic carbocycles. The molecule has 0 atom stereocenters. The van der Waals surface area contributed by atoms with E-state index in [1.165, 1.54) is 11.1 Å². The second-order valence-corrected chi connectivity index (χ2v) is 5.69. The maximum atomic E-state index is 5.92. The summed E-state index contributed by atoms with van der Waals surface area (Å²) in [7, 11) is 2.03. The van der Waals surface area contributed by atoms with Gasteiger partial charge in [-0.25, -0.2) is 9.97 Å². The van der Waals surface area contributed by atoms with Crippen molar-refractivity contribution in [2.75, 3.05) is 5.88 Å². The molecule has 3 rings (SSSR count). The smallest absolute Gasteiger partial charge is 0.111 e. The van der Waals surface area contributed by atoms with Crippen LogP contribution in [0.3, 0.4) is 0 Å². The van der Waals surface area contributed by atoms with Gasteiger partial charge in [0.05, 0.1) is 11.0 Å². The Hall–Kier alpha value is -1.81. The lowest BCUT2D eigenvalue weighted by atomic mass is 10.2. The Bertz CT molecular complexity index is 757. The highest BCUT2D eigenvalue weighted by Gasteiger charge is 2.11. The van der Waals surface area contributed by atoms with E-state index in [0.717, 1.165) is 36.6 Å². The molecule has 0 saturated heterocycles. The van der Waals surface area contributed by atoms with Crippen LogP contribution in [0.2, 0.25) is 0 Å². The molecule has 4 nitrogen and oxygen atoms in total. The zero-order chi connectivity index (χ0) is 14.8. The molecular weight excluding hydrogens is 284 g/mol. The van der Waals surface area contributed by atoms with Gasteiger partial charge in [0.1, 0.15) is 11.6 Å². The minimum Gasteiger partial charge on any atom is -0.338 e. The molecule has 3 aromatic rings. The molecule has 0 unspecified atom stereocenters. The summed E-state index contributed by atoms with van der Waals surface area (Å²) >= 11 is 5.92. The Morgan fingerprint density at radius 1 is 1.19 bits per heavy atom. The third kappa shape index (κ3) is 2.81. The van der Waals surface area contributed by atoms with Crippen molar-refractivity contribution in [2.24, 2.45) is 7.05 Å². The van der Waals surface area contributed by atoms with Crippen LogP contribution in [-0.4, -0.2) is 25.0 Å². The summed E-state index contributed by atoms with van der Waals surface area (Å²) in [5, 5.41) is 0. The molecule has 2 heterocycles. The topological polar surface area (TPSA) is 35.6 Å². The highest BCUT2D eigenvalue weighted by Crippen LogP contribution is 2.19. The molecule has 0 spiro atoms. The van der Waals surface area contributed by atoms with Gasteiger partial charge in [0.25, 0.3) is 0 Å². The van der Waals surface area contributed by atoms with Gasteiger partial charge in [-0.1, -0.05) is 6.07 Å². The number of hydrogen-bond acceptors (Lipinski definition) is 2. The molecule has 0 fully saturated rings. The molecule has 0 N–H and O–H groups in total. The van der Waals surface area contributed by atoms with Crippen LogP contribution in [0.25, 0.3) is 11.0 Å². The molecule has 2 aromatic heterocycles. The second kappa shape index (κ2) is 5.90. The Labute approximate surface area is 129 Å². The number of rotatable bonds is 5. The van der Waals surface area contributed by atoms with Crippen molar-refractivity contribution in [2.45, 2.75) is 26.3 Å². The molecule has 0 amide bonds. The number of aryl methyl sites for hydroxylation is 5. The van der Waals surface area contributed by atoms with Gasteiger partial charge in [-0.05, 0) is 24.6 Å². The van der Waals surface area contributed by atoms with Crippen molar-refractivity contribution < 1.29 is 0 Å². The average molecular weight is 303 g/mol. The minimum absolute atomic E-state index is 0.588. The quantitative estimate of drug-likeness (QED) is 0.679. The fourth-order valence-corrected chi connectivity index (χ4v) is 2.83. The SMILES string of the molecule is Cc1ccc2c(c1)nc(CCCl)n2CCc1nccn1C. The summed E-state index contributed by atoms with van der Waals surface area (Å²) in [6.45, 7) is 2.96. The van der Waals surface area contributed by atoms with E-state index in [2.05, 4.69) is 39.2 Å². The summed E-state index contributed by atoms with van der Waals surface area (Å²) in [6, 6.07) is 6.41. The molecule has 21 heavy (non-hydrogen) atoms. The molecule has 0 bridgehead atoms. The lowest BCUT2D eigenvalue weighted by Gasteiger charge is -2.08. The lowest BCUT2D eigenvalue weighted by molar-refractivity contribution is 0.638. The van der Waals surface area contributed by atoms with E-state index in [1.807, 2.05) is 19.4 Å². The summed E-state index contributed by atoms with van der Waals surface area (Å²) < 4.78 is 4.33. The van der Waals surface area contributed by atoms with E-state index in [0.29, 0.717) is 5.88 Å². The summed E-state index contributed by atoms with van der Waals surface area (Å²) in [5.74, 6) is 2.73. The number of hydrogen-bond donors (Lipinski definition) is 0. The predicted octanol–water partition coefficient (Wildman–Crippen LogP) is 3.10. The third-order valence-corrected chi connectivity index (χ3v) is 3.97. The van der Waals surface area contributed by atoms with Crippen LogP contribution in [0.4, 0.5) is 0 Å². The van der Waals surface area contributed by atoms with Gasteiger partial charge in [0.15, 0.2) is 0 Å². The van der Waals surface area contributed by atoms with Gasteiger partial charge in [0.2, 0.25) is 0 Å². The molecule has 0 aliphatic rings. The van der Waals surface area contributed by atoms with Crippen LogP contribution in [-0.2, 0) is 26.4 Å². The number of aromatic nitrogens is 4. The second-order valence-electron chi connectivity index (χ2n) is 5.32. The Morgan fingerprint density at radius 2 is 2.05 bits per heavy atom. The first-order chi connectivity index (χ1) is 10.2. The zero-order valence-electron chi connectivity index (χ0n) is 12.4. The van der Waals surface area contributed by atoms with Crippen molar-refractivity contribution in [3.8, 4) is 0 Å². The number of fused-ring (bicyclic) bond motifs is 1. The maximum absolute atomic E-state index is 5.92. The van der Waals surface area contributed by atoms with E-state index in [-0.39, 0.29) is 0 Å². The third-order valence-electron chi connectivity index (χ3n) is 3.78. The van der Waals surface area contributed by atoms with E-state index in [9.17, 15) is 0 Å². The van der Waals surface area contributed by atoms with Crippen molar-refractivity contribution in [3.63, 3.8) is 0 Å². The molecule has 0 aliphatic heterocycles. The van der Waals surface area contributed by atoms with E-state index < -0.39 is 0 Å². The van der Waals surface area contributed by atoms with E-state index in [4.69, 9.17) is 16.6 Å². The number of benzene rings is 1. The largest absolute Gasteiger partial charge is 0.338 e. The Balaban J connectivity index is 1.95. The van der Waals surface area contributed by atoms with E-state index >= 15 is 0 Å². The van der Waals surface area contributed by atoms with Gasteiger partial charge in [0, 0.05) is 44.7 Å². The molecule has 110 valence electrons. The van der Waals surface area contributed by atoms with Crippen molar-refractivity contribution in [1.82, 2.24) is 19.1 Å². The Morgan fingerprint density at radius 3 is 2.76 bits per heavy atom. The molecular formula is C16H19ClN4. The van der Waals surface area contributed by atoms with Crippen molar-refractivity contribution in [1.29, 1.82) is 0 Å². The van der Waals surface area contributed by atoms with Crippen LogP contribution in [0.5, 0.6) is 0 Å². The van der Waals surface area contributed by atoms with Crippen LogP contribution in [0.15, 0.2) is 30.6 Å². The summed E-state index contributed by atoms with van der Waals surface area (Å²) in [4.78, 5) is 9.13. The number of nitrogens with zero attached hydrogens (tertiary/aromatic N) is 4. The summed E-state index contributed by atoms with van der Waals surface area (Å²) in [5.41, 5.74) is 3.46. The number of halogens is 1. The highest BCUT2D eigenvalue weighted by atomic mass is 35.5. The normalized spacial score (nSPS) is 11.4. The van der Waals surface area contributed by atoms with Crippen molar-refractivity contribution in [3.05, 3.63) is 47.8 Å². The lowest BCUT2D eigenvalue weighted by Crippen LogP contribution is -2.09. The molecule has 0 saturated carbocycles. The predicted molar refractivity (Wildman–Crippen MR) is 85.8 cm³/mol. The number of imidazole rings is 2. The van der Waals surface area contributed by atoms with Gasteiger partial charge >= 0.3 is 0 Å². The zero-order valence-corrected chi connectivity index (χ0v) is 13.1. The Kier molecular flexibility index (Phi) is 3.97. The summed E-state index contributed by atoms with van der Waals surface area (Å²) in [6.07, 6.45) is 5.49. The van der Waals surface area contributed by atoms with Gasteiger partial charge < -0.3 is 9.13 Å². The molecule has 5 heteroatoms. The van der Waals surface area contributed by atoms with Crippen molar-refractivity contribution >= 4 is 22.6 Å². The first-order valence-corrected chi connectivity index (χ1v) is 7.70. The average Bonchev–Trinajstić information content (AvgIpc) is 3.00. The highest BCUT2D eigenvalue weighted by molar-refractivity contribution is 6.17. The van der Waals surface area contributed by atoms with Crippen LogP contribution in [0, 0.1) is 6.92 Å². The van der Waals surface area contributed by atoms with Gasteiger partial charge in [-0.2, -0.15) is 0 Å². The number of alkyl halides is 1. The maximum Gasteiger partial charge on any atom is 0.111 e. The van der Waals surface area contributed by atoms with Gasteiger partial charge in [-0.15, -0.1) is 11.6 Å². The first-order valence-electron chi connectivity index (χ1n) is 7.17. The fourth-order valence-electron chi connectivity index (χ4n) is 2.66. The fraction of sp³-hybridized carbons (Fsp3) is 0.375. The molecule has 0 radical (unpaired) electrons. The van der Waals surface area contributed by atoms with Gasteiger partial charge in [-0.3, -0.25) is 0 Å². The molecule has 1 aromatic carbocycles. The van der Waals surface area contributed by atoms with Crippen LogP contribution < -0.4 is 0 Å². The minimum atomic E-state index is 0.588.